The Bertz CT molecular complexity index is 939. The minimum atomic E-state index is -3.68. The van der Waals surface area contributed by atoms with E-state index in [1.165, 1.54) is 20.3 Å². The van der Waals surface area contributed by atoms with Gasteiger partial charge in [-0.1, -0.05) is 6.92 Å². The largest absolute Gasteiger partial charge is 0.497 e. The molecule has 1 aromatic carbocycles. The van der Waals surface area contributed by atoms with E-state index in [4.69, 9.17) is 9.47 Å². The average Bonchev–Trinajstić information content (AvgIpc) is 3.07. The Hall–Kier alpha value is -2.06. The molecule has 1 saturated heterocycles. The fourth-order valence-electron chi connectivity index (χ4n) is 4.00. The minimum absolute atomic E-state index is 0.156. The molecule has 29 heavy (non-hydrogen) atoms. The van der Waals surface area contributed by atoms with Gasteiger partial charge >= 0.3 is 0 Å². The van der Waals surface area contributed by atoms with Gasteiger partial charge < -0.3 is 14.0 Å². The predicted molar refractivity (Wildman–Crippen MR) is 112 cm³/mol. The van der Waals surface area contributed by atoms with Gasteiger partial charge in [-0.25, -0.2) is 13.4 Å². The lowest BCUT2D eigenvalue weighted by Gasteiger charge is -2.32. The van der Waals surface area contributed by atoms with Gasteiger partial charge in [-0.05, 0) is 44.2 Å². The summed E-state index contributed by atoms with van der Waals surface area (Å²) < 4.78 is 41.1. The predicted octanol–water partition coefficient (Wildman–Crippen LogP) is 3.26. The number of hydrogen-bond donors (Lipinski definition) is 0. The molecule has 160 valence electrons. The summed E-state index contributed by atoms with van der Waals surface area (Å²) in [5, 5.41) is 0. The highest BCUT2D eigenvalue weighted by Crippen LogP contribution is 2.33. The van der Waals surface area contributed by atoms with Gasteiger partial charge in [-0.3, -0.25) is 0 Å². The van der Waals surface area contributed by atoms with Crippen molar-refractivity contribution in [1.82, 2.24) is 13.9 Å². The van der Waals surface area contributed by atoms with Gasteiger partial charge in [0.2, 0.25) is 10.0 Å². The van der Waals surface area contributed by atoms with Gasteiger partial charge in [0.1, 0.15) is 22.2 Å². The summed E-state index contributed by atoms with van der Waals surface area (Å²) in [6.45, 7) is 6.16. The SMILES string of the molecule is CCCn1c(C)cnc1CC1CCCN(S(=O)(=O)c2cc(OC)ccc2OC)C1. The van der Waals surface area contributed by atoms with Gasteiger partial charge in [-0.15, -0.1) is 0 Å². The maximum absolute atomic E-state index is 13.4. The van der Waals surface area contributed by atoms with Crippen LogP contribution in [0.25, 0.3) is 0 Å². The monoisotopic (exact) mass is 421 g/mol. The molecule has 2 aromatic rings. The molecule has 8 heteroatoms. The number of benzene rings is 1. The summed E-state index contributed by atoms with van der Waals surface area (Å²) in [5.74, 6) is 2.12. The maximum atomic E-state index is 13.4. The van der Waals surface area contributed by atoms with Crippen molar-refractivity contribution >= 4 is 10.0 Å². The van der Waals surface area contributed by atoms with E-state index in [-0.39, 0.29) is 10.8 Å². The lowest BCUT2D eigenvalue weighted by atomic mass is 9.96. The third kappa shape index (κ3) is 4.59. The minimum Gasteiger partial charge on any atom is -0.497 e. The van der Waals surface area contributed by atoms with E-state index >= 15 is 0 Å². The second-order valence-electron chi connectivity index (χ2n) is 7.56. The van der Waals surface area contributed by atoms with Crippen LogP contribution in [-0.4, -0.2) is 49.6 Å². The van der Waals surface area contributed by atoms with Crippen LogP contribution < -0.4 is 9.47 Å². The number of nitrogens with zero attached hydrogens (tertiary/aromatic N) is 3. The molecule has 0 aliphatic carbocycles. The smallest absolute Gasteiger partial charge is 0.246 e. The Balaban J connectivity index is 1.82. The van der Waals surface area contributed by atoms with Crippen LogP contribution in [0.1, 0.15) is 37.7 Å². The zero-order valence-corrected chi connectivity index (χ0v) is 18.5. The zero-order chi connectivity index (χ0) is 21.0. The van der Waals surface area contributed by atoms with Crippen LogP contribution in [-0.2, 0) is 23.0 Å². The average molecular weight is 422 g/mol. The summed E-state index contributed by atoms with van der Waals surface area (Å²) in [6, 6.07) is 4.87. The molecule has 7 nitrogen and oxygen atoms in total. The number of ether oxygens (including phenoxy) is 2. The molecule has 0 saturated carbocycles. The van der Waals surface area contributed by atoms with E-state index < -0.39 is 10.0 Å². The molecule has 0 bridgehead atoms. The molecule has 1 aliphatic heterocycles. The quantitative estimate of drug-likeness (QED) is 0.654. The number of aromatic nitrogens is 2. The van der Waals surface area contributed by atoms with Gasteiger partial charge in [0.25, 0.3) is 0 Å². The molecule has 0 amide bonds. The Kier molecular flexibility index (Phi) is 6.85. The Morgan fingerprint density at radius 3 is 2.72 bits per heavy atom. The molecule has 0 spiro atoms. The van der Waals surface area contributed by atoms with Crippen LogP contribution in [0.3, 0.4) is 0 Å². The number of hydrogen-bond acceptors (Lipinski definition) is 5. The standard InChI is InChI=1S/C21H31N3O4S/c1-5-10-24-16(2)14-22-21(24)12-17-7-6-11-23(15-17)29(25,26)20-13-18(27-3)8-9-19(20)28-4/h8-9,13-14,17H,5-7,10-12,15H2,1-4H3. The zero-order valence-electron chi connectivity index (χ0n) is 17.7. The normalized spacial score (nSPS) is 18.0. The first-order valence-corrected chi connectivity index (χ1v) is 11.6. The molecular formula is C21H31N3O4S. The molecule has 0 radical (unpaired) electrons. The molecule has 1 aliphatic rings. The number of methoxy groups -OCH3 is 2. The fraction of sp³-hybridized carbons (Fsp3) is 0.571. The first kappa shape index (κ1) is 21.6. The van der Waals surface area contributed by atoms with Crippen LogP contribution >= 0.6 is 0 Å². The van der Waals surface area contributed by atoms with Crippen LogP contribution in [0.4, 0.5) is 0 Å². The van der Waals surface area contributed by atoms with Crippen molar-refractivity contribution in [2.24, 2.45) is 5.92 Å². The van der Waals surface area contributed by atoms with Crippen molar-refractivity contribution < 1.29 is 17.9 Å². The number of sulfonamides is 1. The van der Waals surface area contributed by atoms with Crippen molar-refractivity contribution in [2.75, 3.05) is 27.3 Å². The van der Waals surface area contributed by atoms with Crippen LogP contribution in [0.15, 0.2) is 29.3 Å². The topological polar surface area (TPSA) is 73.7 Å². The van der Waals surface area contributed by atoms with Crippen LogP contribution in [0, 0.1) is 12.8 Å². The summed E-state index contributed by atoms with van der Waals surface area (Å²) >= 11 is 0. The molecule has 3 rings (SSSR count). The first-order valence-electron chi connectivity index (χ1n) is 10.1. The molecular weight excluding hydrogens is 390 g/mol. The Morgan fingerprint density at radius 2 is 2.03 bits per heavy atom. The first-order chi connectivity index (χ1) is 13.9. The number of piperidine rings is 1. The van der Waals surface area contributed by atoms with E-state index in [1.54, 1.807) is 16.4 Å². The molecule has 1 fully saturated rings. The van der Waals surface area contributed by atoms with Gasteiger partial charge in [0.15, 0.2) is 0 Å². The third-order valence-corrected chi connectivity index (χ3v) is 7.41. The van der Waals surface area contributed by atoms with Crippen LogP contribution in [0.2, 0.25) is 0 Å². The third-order valence-electron chi connectivity index (χ3n) is 5.53. The van der Waals surface area contributed by atoms with Crippen molar-refractivity contribution in [3.63, 3.8) is 0 Å². The van der Waals surface area contributed by atoms with Crippen LogP contribution in [0.5, 0.6) is 11.5 Å². The lowest BCUT2D eigenvalue weighted by Crippen LogP contribution is -2.40. The molecule has 1 atom stereocenters. The molecule has 1 unspecified atom stereocenters. The van der Waals surface area contributed by atoms with E-state index in [2.05, 4.69) is 23.4 Å². The van der Waals surface area contributed by atoms with Gasteiger partial charge in [0, 0.05) is 44.0 Å². The highest BCUT2D eigenvalue weighted by molar-refractivity contribution is 7.89. The number of rotatable bonds is 8. The molecule has 2 heterocycles. The van der Waals surface area contributed by atoms with Gasteiger partial charge in [0.05, 0.1) is 14.2 Å². The summed E-state index contributed by atoms with van der Waals surface area (Å²) in [5.41, 5.74) is 1.16. The lowest BCUT2D eigenvalue weighted by molar-refractivity contribution is 0.260. The molecule has 1 aromatic heterocycles. The fourth-order valence-corrected chi connectivity index (χ4v) is 5.72. The van der Waals surface area contributed by atoms with E-state index in [0.29, 0.717) is 24.6 Å². The molecule has 0 N–H and O–H groups in total. The van der Waals surface area contributed by atoms with E-state index in [0.717, 1.165) is 43.7 Å². The van der Waals surface area contributed by atoms with Crippen molar-refractivity contribution in [3.8, 4) is 11.5 Å². The van der Waals surface area contributed by atoms with Gasteiger partial charge in [-0.2, -0.15) is 4.31 Å². The number of imidazole rings is 1. The van der Waals surface area contributed by atoms with Crippen molar-refractivity contribution in [3.05, 3.63) is 35.9 Å². The highest BCUT2D eigenvalue weighted by Gasteiger charge is 2.33. The second kappa shape index (κ2) is 9.17. The Labute approximate surface area is 173 Å². The van der Waals surface area contributed by atoms with Crippen molar-refractivity contribution in [1.29, 1.82) is 0 Å². The summed E-state index contributed by atoms with van der Waals surface area (Å²) in [7, 11) is -0.671. The number of aryl methyl sites for hydroxylation is 1. The van der Waals surface area contributed by atoms with E-state index in [9.17, 15) is 8.42 Å². The second-order valence-corrected chi connectivity index (χ2v) is 9.47. The Morgan fingerprint density at radius 1 is 1.24 bits per heavy atom. The van der Waals surface area contributed by atoms with E-state index in [1.807, 2.05) is 6.20 Å². The summed E-state index contributed by atoms with van der Waals surface area (Å²) in [6.07, 6.45) is 5.58. The highest BCUT2D eigenvalue weighted by atomic mass is 32.2. The van der Waals surface area contributed by atoms with Crippen molar-refractivity contribution in [2.45, 2.75) is 51.0 Å². The maximum Gasteiger partial charge on any atom is 0.246 e. The summed E-state index contributed by atoms with van der Waals surface area (Å²) in [4.78, 5) is 4.74.